The Labute approximate surface area is 87.0 Å². The minimum Gasteiger partial charge on any atom is -0.481 e. The quantitative estimate of drug-likeness (QED) is 0.535. The van der Waals surface area contributed by atoms with E-state index in [0.29, 0.717) is 12.8 Å². The molecule has 1 saturated heterocycles. The summed E-state index contributed by atoms with van der Waals surface area (Å²) in [5, 5.41) is 13.6. The zero-order valence-electron chi connectivity index (χ0n) is 8.45. The zero-order valence-corrected chi connectivity index (χ0v) is 8.45. The Morgan fingerprint density at radius 2 is 2.33 bits per heavy atom. The molecule has 0 bridgehead atoms. The maximum atomic E-state index is 11.3. The first-order valence-electron chi connectivity index (χ1n) is 4.80. The molecule has 1 aliphatic rings. The van der Waals surface area contributed by atoms with Crippen molar-refractivity contribution < 1.29 is 19.5 Å². The normalized spacial score (nSPS) is 23.4. The van der Waals surface area contributed by atoms with Crippen molar-refractivity contribution in [1.82, 2.24) is 10.6 Å². The van der Waals surface area contributed by atoms with Crippen molar-refractivity contribution in [2.75, 3.05) is 0 Å². The Bertz CT molecular complexity index is 290. The maximum Gasteiger partial charge on any atom is 0.304 e. The molecule has 1 aliphatic heterocycles. The number of carbonyl (C=O) groups is 3. The molecule has 3 N–H and O–H groups in total. The number of rotatable bonds is 4. The van der Waals surface area contributed by atoms with Crippen LogP contribution in [0.5, 0.6) is 0 Å². The number of carboxylic acids is 1. The van der Waals surface area contributed by atoms with Crippen LogP contribution < -0.4 is 10.6 Å². The van der Waals surface area contributed by atoms with Gasteiger partial charge in [-0.1, -0.05) is 0 Å². The number of hydrogen-bond acceptors (Lipinski definition) is 4. The summed E-state index contributed by atoms with van der Waals surface area (Å²) in [6.45, 7) is 1.69. The second-order valence-electron chi connectivity index (χ2n) is 3.67. The lowest BCUT2D eigenvalue weighted by Gasteiger charge is -2.24. The van der Waals surface area contributed by atoms with E-state index in [-0.39, 0.29) is 24.3 Å². The zero-order chi connectivity index (χ0) is 11.4. The highest BCUT2D eigenvalue weighted by Gasteiger charge is 2.27. The van der Waals surface area contributed by atoms with Gasteiger partial charge in [0.2, 0.25) is 11.8 Å². The minimum absolute atomic E-state index is 0.0439. The van der Waals surface area contributed by atoms with Crippen LogP contribution in [0.2, 0.25) is 0 Å². The Kier molecular flexibility index (Phi) is 3.79. The fourth-order valence-electron chi connectivity index (χ4n) is 1.52. The minimum atomic E-state index is -0.915. The number of piperidine rings is 1. The van der Waals surface area contributed by atoms with Gasteiger partial charge in [0.15, 0.2) is 0 Å². The summed E-state index contributed by atoms with van der Waals surface area (Å²) in [6.07, 6.45) is 0.676. The van der Waals surface area contributed by atoms with Crippen molar-refractivity contribution in [1.29, 1.82) is 0 Å². The van der Waals surface area contributed by atoms with Gasteiger partial charge in [0.05, 0.1) is 12.5 Å². The van der Waals surface area contributed by atoms with Crippen LogP contribution in [0.25, 0.3) is 0 Å². The average Bonchev–Trinajstić information content (AvgIpc) is 2.08. The third kappa shape index (κ3) is 3.67. The summed E-state index contributed by atoms with van der Waals surface area (Å²) in [5.74, 6) is -1.56. The molecule has 0 aliphatic carbocycles. The molecule has 2 amide bonds. The fourth-order valence-corrected chi connectivity index (χ4v) is 1.52. The number of aliphatic carboxylic acids is 1. The van der Waals surface area contributed by atoms with Gasteiger partial charge in [-0.2, -0.15) is 0 Å². The van der Waals surface area contributed by atoms with E-state index >= 15 is 0 Å². The van der Waals surface area contributed by atoms with Gasteiger partial charge in [0.1, 0.15) is 0 Å². The Balaban J connectivity index is 2.41. The molecule has 6 heteroatoms. The molecular formula is C9H14N2O4. The molecule has 0 aromatic rings. The van der Waals surface area contributed by atoms with Crippen LogP contribution in [0.1, 0.15) is 26.2 Å². The first-order chi connectivity index (χ1) is 6.99. The molecule has 1 rings (SSSR count). The van der Waals surface area contributed by atoms with Crippen LogP contribution in [-0.4, -0.2) is 35.0 Å². The van der Waals surface area contributed by atoms with E-state index in [0.717, 1.165) is 0 Å². The number of nitrogens with one attached hydrogen (secondary N) is 2. The van der Waals surface area contributed by atoms with Gasteiger partial charge in [-0.3, -0.25) is 19.7 Å². The fraction of sp³-hybridized carbons (Fsp3) is 0.667. The molecule has 0 saturated carbocycles. The molecule has 0 spiro atoms. The molecule has 1 heterocycles. The number of hydrogen-bond donors (Lipinski definition) is 3. The highest BCUT2D eigenvalue weighted by molar-refractivity contribution is 6.00. The Hall–Kier alpha value is -1.43. The van der Waals surface area contributed by atoms with Gasteiger partial charge in [0.25, 0.3) is 0 Å². The number of carbonyl (C=O) groups excluding carboxylic acids is 2. The van der Waals surface area contributed by atoms with Gasteiger partial charge in [-0.25, -0.2) is 0 Å². The van der Waals surface area contributed by atoms with Gasteiger partial charge in [-0.05, 0) is 13.3 Å². The van der Waals surface area contributed by atoms with Crippen molar-refractivity contribution in [3.05, 3.63) is 0 Å². The van der Waals surface area contributed by atoms with E-state index < -0.39 is 12.0 Å². The third-order valence-corrected chi connectivity index (χ3v) is 2.21. The van der Waals surface area contributed by atoms with Gasteiger partial charge >= 0.3 is 5.97 Å². The Morgan fingerprint density at radius 3 is 2.87 bits per heavy atom. The van der Waals surface area contributed by atoms with E-state index in [9.17, 15) is 14.4 Å². The van der Waals surface area contributed by atoms with Crippen LogP contribution in [0.15, 0.2) is 0 Å². The summed E-state index contributed by atoms with van der Waals surface area (Å²) in [6, 6.07) is -0.747. The topological polar surface area (TPSA) is 95.5 Å². The van der Waals surface area contributed by atoms with E-state index in [4.69, 9.17) is 5.11 Å². The summed E-state index contributed by atoms with van der Waals surface area (Å²) in [5.41, 5.74) is 0. The lowest BCUT2D eigenvalue weighted by atomic mass is 10.0. The third-order valence-electron chi connectivity index (χ3n) is 2.21. The predicted octanol–water partition coefficient (Wildman–Crippen LogP) is -0.756. The predicted molar refractivity (Wildman–Crippen MR) is 51.0 cm³/mol. The summed E-state index contributed by atoms with van der Waals surface area (Å²) in [4.78, 5) is 32.5. The molecule has 2 unspecified atom stereocenters. The molecule has 0 radical (unpaired) electrons. The van der Waals surface area contributed by atoms with Crippen LogP contribution in [-0.2, 0) is 14.4 Å². The first-order valence-corrected chi connectivity index (χ1v) is 4.80. The van der Waals surface area contributed by atoms with Crippen molar-refractivity contribution in [2.24, 2.45) is 0 Å². The smallest absolute Gasteiger partial charge is 0.304 e. The highest BCUT2D eigenvalue weighted by Crippen LogP contribution is 2.06. The summed E-state index contributed by atoms with van der Waals surface area (Å²) >= 11 is 0. The number of amides is 2. The monoisotopic (exact) mass is 214 g/mol. The average molecular weight is 214 g/mol. The van der Waals surface area contributed by atoms with Gasteiger partial charge in [0, 0.05) is 12.5 Å². The van der Waals surface area contributed by atoms with Crippen LogP contribution in [0.4, 0.5) is 0 Å². The summed E-state index contributed by atoms with van der Waals surface area (Å²) in [7, 11) is 0. The van der Waals surface area contributed by atoms with Crippen molar-refractivity contribution in [3.63, 3.8) is 0 Å². The van der Waals surface area contributed by atoms with Crippen molar-refractivity contribution >= 4 is 17.8 Å². The highest BCUT2D eigenvalue weighted by atomic mass is 16.4. The van der Waals surface area contributed by atoms with Crippen molar-refractivity contribution in [3.8, 4) is 0 Å². The molecule has 2 atom stereocenters. The molecule has 15 heavy (non-hydrogen) atoms. The standard InChI is InChI=1S/C9H14N2O4/c1-5(4-8(13)14)10-6-2-3-7(12)11-9(6)15/h5-6,10H,2-4H2,1H3,(H,13,14)(H,11,12,15). The van der Waals surface area contributed by atoms with E-state index in [1.807, 2.05) is 0 Å². The Morgan fingerprint density at radius 1 is 1.67 bits per heavy atom. The number of imide groups is 1. The van der Waals surface area contributed by atoms with E-state index in [1.54, 1.807) is 6.92 Å². The van der Waals surface area contributed by atoms with E-state index in [2.05, 4.69) is 10.6 Å². The van der Waals surface area contributed by atoms with Crippen molar-refractivity contribution in [2.45, 2.75) is 38.3 Å². The molecular weight excluding hydrogens is 200 g/mol. The molecule has 84 valence electrons. The molecule has 6 nitrogen and oxygen atoms in total. The van der Waals surface area contributed by atoms with Crippen LogP contribution in [0.3, 0.4) is 0 Å². The molecule has 1 fully saturated rings. The van der Waals surface area contributed by atoms with Crippen LogP contribution in [0, 0.1) is 0 Å². The van der Waals surface area contributed by atoms with E-state index in [1.165, 1.54) is 0 Å². The molecule has 0 aromatic carbocycles. The molecule has 0 aromatic heterocycles. The second kappa shape index (κ2) is 4.88. The lowest BCUT2D eigenvalue weighted by molar-refractivity contribution is -0.139. The van der Waals surface area contributed by atoms with Crippen LogP contribution >= 0.6 is 0 Å². The maximum absolute atomic E-state index is 11.3. The first kappa shape index (κ1) is 11.6. The lowest BCUT2D eigenvalue weighted by Crippen LogP contribution is -2.53. The summed E-state index contributed by atoms with van der Waals surface area (Å²) < 4.78 is 0. The second-order valence-corrected chi connectivity index (χ2v) is 3.67. The number of carboxylic acid groups (broad SMARTS) is 1. The van der Waals surface area contributed by atoms with Gasteiger partial charge in [-0.15, -0.1) is 0 Å². The largest absolute Gasteiger partial charge is 0.481 e. The SMILES string of the molecule is CC(CC(=O)O)NC1CCC(=O)NC1=O. The van der Waals surface area contributed by atoms with Gasteiger partial charge < -0.3 is 10.4 Å².